The standard InChI is InChI=1S/C18H25NO4/c1-17(2,3)23-16(21)18(4)11-13(15(20)22-5)14(19-18)12-9-7-6-8-10-12/h6-10,13-14,19H,11H2,1-5H3. The molecule has 1 fully saturated rings. The number of methoxy groups -OCH3 is 1. The van der Waals surface area contributed by atoms with E-state index in [1.807, 2.05) is 51.1 Å². The molecule has 23 heavy (non-hydrogen) atoms. The van der Waals surface area contributed by atoms with Gasteiger partial charge in [0.25, 0.3) is 0 Å². The van der Waals surface area contributed by atoms with Crippen LogP contribution in [0.25, 0.3) is 0 Å². The molecule has 2 rings (SSSR count). The molecule has 0 amide bonds. The van der Waals surface area contributed by atoms with Gasteiger partial charge in [-0.1, -0.05) is 30.3 Å². The van der Waals surface area contributed by atoms with Gasteiger partial charge in [-0.05, 0) is 39.7 Å². The van der Waals surface area contributed by atoms with E-state index in [4.69, 9.17) is 9.47 Å². The third-order valence-corrected chi connectivity index (χ3v) is 4.02. The molecular weight excluding hydrogens is 294 g/mol. The van der Waals surface area contributed by atoms with Crippen LogP contribution in [-0.4, -0.2) is 30.2 Å². The second-order valence-corrected chi connectivity index (χ2v) is 7.20. The zero-order valence-electron chi connectivity index (χ0n) is 14.4. The lowest BCUT2D eigenvalue weighted by molar-refractivity contribution is -0.162. The summed E-state index contributed by atoms with van der Waals surface area (Å²) in [5.41, 5.74) is -0.546. The number of nitrogens with one attached hydrogen (secondary N) is 1. The predicted octanol–water partition coefficient (Wildman–Crippen LogP) is 2.61. The SMILES string of the molecule is COC(=O)C1CC(C)(C(=O)OC(C)(C)C)NC1c1ccccc1. The number of rotatable bonds is 3. The van der Waals surface area contributed by atoms with Gasteiger partial charge in [-0.15, -0.1) is 0 Å². The van der Waals surface area contributed by atoms with Gasteiger partial charge in [0.15, 0.2) is 0 Å². The molecule has 1 N–H and O–H groups in total. The molecule has 0 spiro atoms. The summed E-state index contributed by atoms with van der Waals surface area (Å²) in [5.74, 6) is -1.10. The van der Waals surface area contributed by atoms with Crippen LogP contribution in [-0.2, 0) is 19.1 Å². The second-order valence-electron chi connectivity index (χ2n) is 7.20. The minimum Gasteiger partial charge on any atom is -0.469 e. The van der Waals surface area contributed by atoms with Crippen molar-refractivity contribution < 1.29 is 19.1 Å². The topological polar surface area (TPSA) is 64.6 Å². The number of carbonyl (C=O) groups excluding carboxylic acids is 2. The Kier molecular flexibility index (Phi) is 4.80. The first-order chi connectivity index (χ1) is 10.7. The molecule has 3 atom stereocenters. The van der Waals surface area contributed by atoms with E-state index in [9.17, 15) is 9.59 Å². The Morgan fingerprint density at radius 3 is 2.35 bits per heavy atom. The number of benzene rings is 1. The van der Waals surface area contributed by atoms with Gasteiger partial charge in [-0.25, -0.2) is 0 Å². The Labute approximate surface area is 137 Å². The molecule has 1 saturated heterocycles. The minimum atomic E-state index is -0.924. The van der Waals surface area contributed by atoms with Gasteiger partial charge >= 0.3 is 11.9 Å². The van der Waals surface area contributed by atoms with E-state index >= 15 is 0 Å². The Morgan fingerprint density at radius 1 is 1.22 bits per heavy atom. The summed E-state index contributed by atoms with van der Waals surface area (Å²) in [6.07, 6.45) is 0.341. The van der Waals surface area contributed by atoms with Crippen LogP contribution in [0.4, 0.5) is 0 Å². The fourth-order valence-electron chi connectivity index (χ4n) is 2.94. The lowest BCUT2D eigenvalue weighted by Crippen LogP contribution is -2.48. The van der Waals surface area contributed by atoms with E-state index in [-0.39, 0.29) is 18.0 Å². The molecule has 0 aliphatic carbocycles. The van der Waals surface area contributed by atoms with Crippen LogP contribution >= 0.6 is 0 Å². The van der Waals surface area contributed by atoms with Gasteiger partial charge < -0.3 is 9.47 Å². The molecule has 1 aromatic rings. The highest BCUT2D eigenvalue weighted by atomic mass is 16.6. The summed E-state index contributed by atoms with van der Waals surface area (Å²) in [6, 6.07) is 9.34. The Balaban J connectivity index is 2.29. The van der Waals surface area contributed by atoms with Crippen molar-refractivity contribution in [3.63, 3.8) is 0 Å². The fraction of sp³-hybridized carbons (Fsp3) is 0.556. The van der Waals surface area contributed by atoms with Crippen LogP contribution in [0.5, 0.6) is 0 Å². The molecule has 3 unspecified atom stereocenters. The van der Waals surface area contributed by atoms with Gasteiger partial charge in [0.1, 0.15) is 11.1 Å². The van der Waals surface area contributed by atoms with Crippen molar-refractivity contribution in [2.24, 2.45) is 5.92 Å². The molecule has 1 aliphatic rings. The van der Waals surface area contributed by atoms with E-state index in [0.717, 1.165) is 5.56 Å². The zero-order valence-corrected chi connectivity index (χ0v) is 14.4. The van der Waals surface area contributed by atoms with Crippen LogP contribution < -0.4 is 5.32 Å². The summed E-state index contributed by atoms with van der Waals surface area (Å²) in [4.78, 5) is 24.8. The summed E-state index contributed by atoms with van der Waals surface area (Å²) in [6.45, 7) is 7.26. The number of hydrogen-bond acceptors (Lipinski definition) is 5. The van der Waals surface area contributed by atoms with E-state index in [1.54, 1.807) is 6.92 Å². The zero-order chi connectivity index (χ0) is 17.3. The average molecular weight is 319 g/mol. The molecule has 5 heteroatoms. The fourth-order valence-corrected chi connectivity index (χ4v) is 2.94. The highest BCUT2D eigenvalue weighted by Gasteiger charge is 2.51. The predicted molar refractivity (Wildman–Crippen MR) is 86.7 cm³/mol. The van der Waals surface area contributed by atoms with Crippen LogP contribution in [0.15, 0.2) is 30.3 Å². The minimum absolute atomic E-state index is 0.277. The molecule has 0 radical (unpaired) electrons. The summed E-state index contributed by atoms with van der Waals surface area (Å²) in [5, 5.41) is 3.30. The summed E-state index contributed by atoms with van der Waals surface area (Å²) in [7, 11) is 1.37. The van der Waals surface area contributed by atoms with Gasteiger partial charge in [0.2, 0.25) is 0 Å². The lowest BCUT2D eigenvalue weighted by atomic mass is 9.90. The third kappa shape index (κ3) is 3.91. The molecule has 0 bridgehead atoms. The maximum atomic E-state index is 12.6. The molecule has 0 saturated carbocycles. The first kappa shape index (κ1) is 17.5. The monoisotopic (exact) mass is 319 g/mol. The van der Waals surface area contributed by atoms with Gasteiger partial charge in [-0.3, -0.25) is 14.9 Å². The Morgan fingerprint density at radius 2 is 1.83 bits per heavy atom. The molecular formula is C18H25NO4. The molecule has 0 aromatic heterocycles. The lowest BCUT2D eigenvalue weighted by Gasteiger charge is -2.29. The molecule has 1 aromatic carbocycles. The van der Waals surface area contributed by atoms with Crippen molar-refractivity contribution in [1.82, 2.24) is 5.32 Å². The quantitative estimate of drug-likeness (QED) is 0.868. The van der Waals surface area contributed by atoms with Crippen molar-refractivity contribution in [2.45, 2.75) is 51.3 Å². The van der Waals surface area contributed by atoms with E-state index in [1.165, 1.54) is 7.11 Å². The van der Waals surface area contributed by atoms with E-state index < -0.39 is 17.1 Å². The van der Waals surface area contributed by atoms with Crippen molar-refractivity contribution >= 4 is 11.9 Å². The Hall–Kier alpha value is -1.88. The summed E-state index contributed by atoms with van der Waals surface area (Å²) >= 11 is 0. The van der Waals surface area contributed by atoms with Crippen LogP contribution in [0.2, 0.25) is 0 Å². The van der Waals surface area contributed by atoms with Gasteiger partial charge in [0, 0.05) is 6.04 Å². The first-order valence-corrected chi connectivity index (χ1v) is 7.80. The average Bonchev–Trinajstić information content (AvgIpc) is 2.85. The maximum Gasteiger partial charge on any atom is 0.326 e. The van der Waals surface area contributed by atoms with Crippen molar-refractivity contribution in [2.75, 3.05) is 7.11 Å². The van der Waals surface area contributed by atoms with Crippen molar-refractivity contribution in [3.05, 3.63) is 35.9 Å². The van der Waals surface area contributed by atoms with E-state index in [2.05, 4.69) is 5.32 Å². The van der Waals surface area contributed by atoms with Crippen LogP contribution in [0.3, 0.4) is 0 Å². The molecule has 1 heterocycles. The van der Waals surface area contributed by atoms with E-state index in [0.29, 0.717) is 6.42 Å². The number of hydrogen-bond donors (Lipinski definition) is 1. The third-order valence-electron chi connectivity index (χ3n) is 4.02. The van der Waals surface area contributed by atoms with Crippen molar-refractivity contribution in [3.8, 4) is 0 Å². The highest BCUT2D eigenvalue weighted by Crippen LogP contribution is 2.39. The molecule has 126 valence electrons. The number of esters is 2. The largest absolute Gasteiger partial charge is 0.469 e. The molecule has 1 aliphatic heterocycles. The van der Waals surface area contributed by atoms with Crippen molar-refractivity contribution in [1.29, 1.82) is 0 Å². The summed E-state index contributed by atoms with van der Waals surface area (Å²) < 4.78 is 10.4. The Bertz CT molecular complexity index is 578. The van der Waals surface area contributed by atoms with Gasteiger partial charge in [-0.2, -0.15) is 0 Å². The number of carbonyl (C=O) groups is 2. The maximum absolute atomic E-state index is 12.6. The first-order valence-electron chi connectivity index (χ1n) is 7.80. The normalized spacial score (nSPS) is 27.5. The molecule has 5 nitrogen and oxygen atoms in total. The number of ether oxygens (including phenoxy) is 2. The highest BCUT2D eigenvalue weighted by molar-refractivity contribution is 5.84. The smallest absolute Gasteiger partial charge is 0.326 e. The van der Waals surface area contributed by atoms with Gasteiger partial charge in [0.05, 0.1) is 13.0 Å². The second kappa shape index (κ2) is 6.32. The van der Waals surface area contributed by atoms with Crippen LogP contribution in [0, 0.1) is 5.92 Å². The van der Waals surface area contributed by atoms with Crippen LogP contribution in [0.1, 0.15) is 45.7 Å².